The number of ether oxygens (including phenoxy) is 2. The van der Waals surface area contributed by atoms with Crippen molar-refractivity contribution < 1.29 is 9.47 Å². The topological polar surface area (TPSA) is 132 Å². The fraction of sp³-hybridized carbons (Fsp3) is 0.259. The highest BCUT2D eigenvalue weighted by atomic mass is 16.5. The fourth-order valence-electron chi connectivity index (χ4n) is 3.90. The molecule has 9 nitrogen and oxygen atoms in total. The first-order chi connectivity index (χ1) is 17.4. The molecular formula is C27H32N6O3. The van der Waals surface area contributed by atoms with Crippen LogP contribution in [0.5, 0.6) is 5.75 Å². The van der Waals surface area contributed by atoms with Gasteiger partial charge in [-0.25, -0.2) is 4.98 Å². The molecular weight excluding hydrogens is 456 g/mol. The Bertz CT molecular complexity index is 1360. The number of aromatic amines is 1. The van der Waals surface area contributed by atoms with E-state index in [1.54, 1.807) is 6.20 Å². The second kappa shape index (κ2) is 11.6. The van der Waals surface area contributed by atoms with Crippen molar-refractivity contribution in [1.29, 1.82) is 0 Å². The molecule has 0 unspecified atom stereocenters. The quantitative estimate of drug-likeness (QED) is 0.338. The van der Waals surface area contributed by atoms with Crippen molar-refractivity contribution in [3.63, 3.8) is 0 Å². The van der Waals surface area contributed by atoms with Gasteiger partial charge in [0.25, 0.3) is 5.56 Å². The monoisotopic (exact) mass is 488 g/mol. The first kappa shape index (κ1) is 25.0. The van der Waals surface area contributed by atoms with E-state index in [1.807, 2.05) is 49.4 Å². The number of anilines is 2. The van der Waals surface area contributed by atoms with Crippen molar-refractivity contribution in [3.05, 3.63) is 88.8 Å². The Morgan fingerprint density at radius 3 is 2.86 bits per heavy atom. The SMILES string of the molecule is C=C(N)/C(C)=C\C(=C/N)c1cc2cc[nH]c(=O)c2c(Nc2cccc(OCCN3CCOCC3)c2)n1. The molecule has 0 atom stereocenters. The van der Waals surface area contributed by atoms with E-state index in [1.165, 1.54) is 6.20 Å². The summed E-state index contributed by atoms with van der Waals surface area (Å²) in [6.45, 7) is 10.4. The van der Waals surface area contributed by atoms with Gasteiger partial charge in [0.15, 0.2) is 0 Å². The zero-order valence-corrected chi connectivity index (χ0v) is 20.4. The van der Waals surface area contributed by atoms with Crippen LogP contribution < -0.4 is 27.1 Å². The number of hydrogen-bond acceptors (Lipinski definition) is 8. The summed E-state index contributed by atoms with van der Waals surface area (Å²) < 4.78 is 11.4. The van der Waals surface area contributed by atoms with Gasteiger partial charge < -0.3 is 31.2 Å². The predicted molar refractivity (Wildman–Crippen MR) is 144 cm³/mol. The Morgan fingerprint density at radius 2 is 2.11 bits per heavy atom. The smallest absolute Gasteiger partial charge is 0.259 e. The van der Waals surface area contributed by atoms with Crippen LogP contribution >= 0.6 is 0 Å². The first-order valence-electron chi connectivity index (χ1n) is 11.8. The zero-order valence-electron chi connectivity index (χ0n) is 20.4. The average Bonchev–Trinajstić information content (AvgIpc) is 2.88. The van der Waals surface area contributed by atoms with Crippen LogP contribution in [0.2, 0.25) is 0 Å². The van der Waals surface area contributed by atoms with Crippen molar-refractivity contribution in [2.75, 3.05) is 44.8 Å². The van der Waals surface area contributed by atoms with Crippen LogP contribution in [-0.2, 0) is 4.74 Å². The van der Waals surface area contributed by atoms with E-state index in [4.69, 9.17) is 25.9 Å². The number of nitrogens with zero attached hydrogens (tertiary/aromatic N) is 2. The van der Waals surface area contributed by atoms with E-state index in [0.29, 0.717) is 34.8 Å². The molecule has 0 amide bonds. The summed E-state index contributed by atoms with van der Waals surface area (Å²) in [4.78, 5) is 22.5. The molecule has 1 saturated heterocycles. The highest BCUT2D eigenvalue weighted by Crippen LogP contribution is 2.28. The summed E-state index contributed by atoms with van der Waals surface area (Å²) in [6, 6.07) is 11.2. The average molecular weight is 489 g/mol. The van der Waals surface area contributed by atoms with E-state index in [2.05, 4.69) is 21.8 Å². The molecule has 6 N–H and O–H groups in total. The number of rotatable bonds is 9. The largest absolute Gasteiger partial charge is 0.492 e. The number of fused-ring (bicyclic) bond motifs is 1. The standard InChI is InChI=1S/C27H32N6O3/c1-18(19(2)29)14-21(17-28)24-15-20-6-7-30-27(34)25(20)26(32-24)31-22-4-3-5-23(16-22)36-13-10-33-8-11-35-12-9-33/h3-7,14-17H,2,8-13,28-29H2,1H3,(H,30,34)(H,31,32)/b18-14-,21-17+. The molecule has 4 rings (SSSR count). The van der Waals surface area contributed by atoms with Crippen molar-refractivity contribution >= 4 is 27.9 Å². The highest BCUT2D eigenvalue weighted by Gasteiger charge is 2.13. The summed E-state index contributed by atoms with van der Waals surface area (Å²) in [5.41, 5.74) is 14.7. The van der Waals surface area contributed by atoms with Crippen LogP contribution in [0.3, 0.4) is 0 Å². The third-order valence-corrected chi connectivity index (χ3v) is 5.98. The molecule has 0 saturated carbocycles. The van der Waals surface area contributed by atoms with Crippen molar-refractivity contribution in [1.82, 2.24) is 14.9 Å². The number of H-pyrrole nitrogens is 1. The minimum absolute atomic E-state index is 0.243. The molecule has 1 aliphatic heterocycles. The van der Waals surface area contributed by atoms with Gasteiger partial charge in [-0.1, -0.05) is 12.6 Å². The van der Waals surface area contributed by atoms with Gasteiger partial charge >= 0.3 is 0 Å². The maximum absolute atomic E-state index is 12.7. The minimum atomic E-state index is -0.243. The van der Waals surface area contributed by atoms with E-state index in [9.17, 15) is 4.79 Å². The summed E-state index contributed by atoms with van der Waals surface area (Å²) >= 11 is 0. The molecule has 3 aromatic rings. The van der Waals surface area contributed by atoms with Gasteiger partial charge in [-0.2, -0.15) is 0 Å². The molecule has 188 valence electrons. The second-order valence-corrected chi connectivity index (χ2v) is 8.56. The lowest BCUT2D eigenvalue weighted by Crippen LogP contribution is -2.38. The Labute approximate surface area is 210 Å². The maximum Gasteiger partial charge on any atom is 0.259 e. The first-order valence-corrected chi connectivity index (χ1v) is 11.8. The van der Waals surface area contributed by atoms with Gasteiger partial charge in [0.05, 0.1) is 24.3 Å². The third-order valence-electron chi connectivity index (χ3n) is 5.98. The molecule has 0 bridgehead atoms. The predicted octanol–water partition coefficient (Wildman–Crippen LogP) is 3.10. The van der Waals surface area contributed by atoms with Crippen molar-refractivity contribution in [3.8, 4) is 5.75 Å². The van der Waals surface area contributed by atoms with Gasteiger partial charge in [-0.05, 0) is 48.2 Å². The Morgan fingerprint density at radius 1 is 1.31 bits per heavy atom. The number of aromatic nitrogens is 2. The summed E-state index contributed by atoms with van der Waals surface area (Å²) in [5.74, 6) is 1.14. The molecule has 2 aromatic heterocycles. The van der Waals surface area contributed by atoms with Gasteiger partial charge in [0.2, 0.25) is 0 Å². The Balaban J connectivity index is 1.61. The van der Waals surface area contributed by atoms with E-state index in [-0.39, 0.29) is 5.56 Å². The highest BCUT2D eigenvalue weighted by molar-refractivity contribution is 5.95. The number of nitrogens with one attached hydrogen (secondary N) is 2. The molecule has 1 fully saturated rings. The van der Waals surface area contributed by atoms with Crippen molar-refractivity contribution in [2.24, 2.45) is 11.5 Å². The number of pyridine rings is 2. The van der Waals surface area contributed by atoms with E-state index < -0.39 is 0 Å². The van der Waals surface area contributed by atoms with Crippen LogP contribution in [0.15, 0.2) is 77.5 Å². The van der Waals surface area contributed by atoms with Crippen LogP contribution in [0, 0.1) is 0 Å². The number of nitrogens with two attached hydrogens (primary N) is 2. The molecule has 9 heteroatoms. The normalized spacial score (nSPS) is 15.1. The molecule has 1 aliphatic rings. The third kappa shape index (κ3) is 6.12. The Kier molecular flexibility index (Phi) is 8.04. The minimum Gasteiger partial charge on any atom is -0.492 e. The van der Waals surface area contributed by atoms with E-state index in [0.717, 1.165) is 55.2 Å². The summed E-state index contributed by atoms with van der Waals surface area (Å²) in [5, 5.41) is 4.46. The number of allylic oxidation sites excluding steroid dienone is 3. The Hall–Kier alpha value is -4.08. The molecule has 36 heavy (non-hydrogen) atoms. The van der Waals surface area contributed by atoms with Crippen molar-refractivity contribution in [2.45, 2.75) is 6.92 Å². The van der Waals surface area contributed by atoms with Gasteiger partial charge in [-0.3, -0.25) is 9.69 Å². The maximum atomic E-state index is 12.7. The van der Waals surface area contributed by atoms with Gasteiger partial charge in [0, 0.05) is 55.1 Å². The molecule has 1 aromatic carbocycles. The van der Waals surface area contributed by atoms with E-state index >= 15 is 0 Å². The summed E-state index contributed by atoms with van der Waals surface area (Å²) in [7, 11) is 0. The fourth-order valence-corrected chi connectivity index (χ4v) is 3.90. The second-order valence-electron chi connectivity index (χ2n) is 8.56. The van der Waals surface area contributed by atoms with Crippen LogP contribution in [-0.4, -0.2) is 54.3 Å². The molecule has 0 spiro atoms. The summed E-state index contributed by atoms with van der Waals surface area (Å²) in [6.07, 6.45) is 4.88. The lowest BCUT2D eigenvalue weighted by molar-refractivity contribution is 0.0322. The lowest BCUT2D eigenvalue weighted by Gasteiger charge is -2.26. The lowest BCUT2D eigenvalue weighted by atomic mass is 10.1. The number of benzene rings is 1. The van der Waals surface area contributed by atoms with Crippen LogP contribution in [0.4, 0.5) is 11.5 Å². The van der Waals surface area contributed by atoms with Gasteiger partial charge in [-0.15, -0.1) is 0 Å². The van der Waals surface area contributed by atoms with Gasteiger partial charge in [0.1, 0.15) is 18.2 Å². The zero-order chi connectivity index (χ0) is 25.5. The molecule has 0 aliphatic carbocycles. The molecule has 0 radical (unpaired) electrons. The van der Waals surface area contributed by atoms with Crippen LogP contribution in [0.1, 0.15) is 12.6 Å². The number of morpholine rings is 1. The molecule has 3 heterocycles. The number of hydrogen-bond donors (Lipinski definition) is 4. The van der Waals surface area contributed by atoms with Crippen LogP contribution in [0.25, 0.3) is 16.3 Å².